The van der Waals surface area contributed by atoms with Gasteiger partial charge in [0.1, 0.15) is 0 Å². The summed E-state index contributed by atoms with van der Waals surface area (Å²) in [5, 5.41) is 9.59. The van der Waals surface area contributed by atoms with Gasteiger partial charge in [0.2, 0.25) is 0 Å². The normalized spacial score (nSPS) is 20.5. The molecule has 1 aromatic rings. The van der Waals surface area contributed by atoms with Crippen molar-refractivity contribution in [1.82, 2.24) is 4.90 Å². The fraction of sp³-hybridized carbons (Fsp3) is 0.571. The Labute approximate surface area is 110 Å². The summed E-state index contributed by atoms with van der Waals surface area (Å²) in [6, 6.07) is 7.85. The Hall–Kier alpha value is -1.07. The molecule has 2 rings (SSSR count). The van der Waals surface area contributed by atoms with Gasteiger partial charge in [-0.15, -0.1) is 0 Å². The lowest BCUT2D eigenvalue weighted by molar-refractivity contribution is -0.272. The molecule has 1 N–H and O–H groups in total. The summed E-state index contributed by atoms with van der Waals surface area (Å²) < 4.78 is 38.0. The van der Waals surface area contributed by atoms with E-state index in [4.69, 9.17) is 0 Å². The standard InChI is InChI=1S/C14H18F3NO/c1-11-4-2-3-5-12(11)10-18-8-6-13(19,7-9-18)14(15,16)17/h2-5,19H,6-10H2,1H3. The molecule has 0 spiro atoms. The fourth-order valence-electron chi connectivity index (χ4n) is 2.39. The molecule has 0 aliphatic carbocycles. The van der Waals surface area contributed by atoms with Crippen molar-refractivity contribution in [1.29, 1.82) is 0 Å². The van der Waals surface area contributed by atoms with Crippen LogP contribution in [0.15, 0.2) is 24.3 Å². The van der Waals surface area contributed by atoms with E-state index in [0.29, 0.717) is 6.54 Å². The van der Waals surface area contributed by atoms with Gasteiger partial charge in [-0.3, -0.25) is 4.90 Å². The van der Waals surface area contributed by atoms with E-state index in [2.05, 4.69) is 0 Å². The van der Waals surface area contributed by atoms with Crippen molar-refractivity contribution in [3.05, 3.63) is 35.4 Å². The van der Waals surface area contributed by atoms with Crippen molar-refractivity contribution in [3.63, 3.8) is 0 Å². The van der Waals surface area contributed by atoms with Gasteiger partial charge in [0.15, 0.2) is 5.60 Å². The molecular formula is C14H18F3NO. The van der Waals surface area contributed by atoms with Crippen LogP contribution in [0.1, 0.15) is 24.0 Å². The maximum Gasteiger partial charge on any atom is 0.417 e. The van der Waals surface area contributed by atoms with Crippen molar-refractivity contribution in [2.24, 2.45) is 0 Å². The summed E-state index contributed by atoms with van der Waals surface area (Å²) in [4.78, 5) is 1.96. The molecule has 0 amide bonds. The second-order valence-electron chi connectivity index (χ2n) is 5.23. The molecule has 0 saturated carbocycles. The van der Waals surface area contributed by atoms with E-state index in [9.17, 15) is 18.3 Å². The van der Waals surface area contributed by atoms with Crippen molar-refractivity contribution in [2.45, 2.75) is 38.1 Å². The molecule has 19 heavy (non-hydrogen) atoms. The van der Waals surface area contributed by atoms with E-state index < -0.39 is 11.8 Å². The Morgan fingerprint density at radius 2 is 1.79 bits per heavy atom. The first-order valence-electron chi connectivity index (χ1n) is 6.38. The molecule has 0 atom stereocenters. The number of halogens is 3. The van der Waals surface area contributed by atoms with Gasteiger partial charge in [0.05, 0.1) is 0 Å². The maximum atomic E-state index is 12.7. The van der Waals surface area contributed by atoms with Crippen molar-refractivity contribution >= 4 is 0 Å². The van der Waals surface area contributed by atoms with Crippen molar-refractivity contribution in [2.75, 3.05) is 13.1 Å². The van der Waals surface area contributed by atoms with Gasteiger partial charge in [0.25, 0.3) is 0 Å². The topological polar surface area (TPSA) is 23.5 Å². The summed E-state index contributed by atoms with van der Waals surface area (Å²) in [6.45, 7) is 3.17. The number of hydrogen-bond acceptors (Lipinski definition) is 2. The molecule has 0 radical (unpaired) electrons. The largest absolute Gasteiger partial charge is 0.417 e. The maximum absolute atomic E-state index is 12.7. The highest BCUT2D eigenvalue weighted by atomic mass is 19.4. The van der Waals surface area contributed by atoms with Gasteiger partial charge in [-0.1, -0.05) is 24.3 Å². The molecule has 1 aliphatic heterocycles. The summed E-state index contributed by atoms with van der Waals surface area (Å²) in [5.74, 6) is 0. The smallest absolute Gasteiger partial charge is 0.380 e. The van der Waals surface area contributed by atoms with Crippen LogP contribution < -0.4 is 0 Å². The van der Waals surface area contributed by atoms with E-state index in [1.165, 1.54) is 0 Å². The van der Waals surface area contributed by atoms with Crippen LogP contribution in [0.4, 0.5) is 13.2 Å². The fourth-order valence-corrected chi connectivity index (χ4v) is 2.39. The second-order valence-corrected chi connectivity index (χ2v) is 5.23. The molecule has 0 bridgehead atoms. The molecule has 0 unspecified atom stereocenters. The minimum absolute atomic E-state index is 0.248. The molecule has 5 heteroatoms. The lowest BCUT2D eigenvalue weighted by Crippen LogP contribution is -2.53. The highest BCUT2D eigenvalue weighted by Crippen LogP contribution is 2.38. The number of likely N-dealkylation sites (tertiary alicyclic amines) is 1. The number of rotatable bonds is 2. The number of benzene rings is 1. The number of alkyl halides is 3. The van der Waals surface area contributed by atoms with Crippen LogP contribution in [0.25, 0.3) is 0 Å². The van der Waals surface area contributed by atoms with Gasteiger partial charge in [-0.05, 0) is 30.9 Å². The second kappa shape index (κ2) is 5.13. The molecule has 1 heterocycles. The quantitative estimate of drug-likeness (QED) is 0.895. The molecular weight excluding hydrogens is 255 g/mol. The number of aryl methyl sites for hydroxylation is 1. The molecule has 1 fully saturated rings. The van der Waals surface area contributed by atoms with Gasteiger partial charge < -0.3 is 5.11 Å². The van der Waals surface area contributed by atoms with Crippen LogP contribution in [0, 0.1) is 6.92 Å². The average molecular weight is 273 g/mol. The first-order valence-corrected chi connectivity index (χ1v) is 6.38. The Kier molecular flexibility index (Phi) is 3.87. The minimum Gasteiger partial charge on any atom is -0.380 e. The minimum atomic E-state index is -4.53. The zero-order chi connectivity index (χ0) is 14.1. The van der Waals surface area contributed by atoms with Gasteiger partial charge in [-0.2, -0.15) is 13.2 Å². The number of nitrogens with zero attached hydrogens (tertiary/aromatic N) is 1. The van der Waals surface area contributed by atoms with Crippen LogP contribution in [-0.4, -0.2) is 34.9 Å². The number of hydrogen-bond donors (Lipinski definition) is 1. The lowest BCUT2D eigenvalue weighted by atomic mass is 9.90. The molecule has 106 valence electrons. The third kappa shape index (κ3) is 3.09. The third-order valence-electron chi connectivity index (χ3n) is 3.87. The Morgan fingerprint density at radius 1 is 1.21 bits per heavy atom. The van der Waals surface area contributed by atoms with Crippen molar-refractivity contribution in [3.8, 4) is 0 Å². The average Bonchev–Trinajstić information content (AvgIpc) is 2.34. The summed E-state index contributed by atoms with van der Waals surface area (Å²) in [6.07, 6.45) is -5.02. The SMILES string of the molecule is Cc1ccccc1CN1CCC(O)(C(F)(F)F)CC1. The summed E-state index contributed by atoms with van der Waals surface area (Å²) in [7, 11) is 0. The molecule has 1 aromatic carbocycles. The lowest BCUT2D eigenvalue weighted by Gasteiger charge is -2.39. The van der Waals surface area contributed by atoms with Crippen LogP contribution in [0.3, 0.4) is 0 Å². The summed E-state index contributed by atoms with van der Waals surface area (Å²) >= 11 is 0. The van der Waals surface area contributed by atoms with Gasteiger partial charge >= 0.3 is 6.18 Å². The summed E-state index contributed by atoms with van der Waals surface area (Å²) in [5.41, 5.74) is -0.242. The predicted molar refractivity (Wildman–Crippen MR) is 66.7 cm³/mol. The van der Waals surface area contributed by atoms with Crippen molar-refractivity contribution < 1.29 is 18.3 Å². The monoisotopic (exact) mass is 273 g/mol. The highest BCUT2D eigenvalue weighted by molar-refractivity contribution is 5.25. The van der Waals surface area contributed by atoms with Crippen LogP contribution in [0.2, 0.25) is 0 Å². The van der Waals surface area contributed by atoms with Gasteiger partial charge in [-0.25, -0.2) is 0 Å². The molecule has 1 aliphatic rings. The van der Waals surface area contributed by atoms with E-state index in [1.807, 2.05) is 36.1 Å². The van der Waals surface area contributed by atoms with Crippen LogP contribution in [0.5, 0.6) is 0 Å². The Bertz CT molecular complexity index is 437. The zero-order valence-corrected chi connectivity index (χ0v) is 10.9. The van der Waals surface area contributed by atoms with E-state index >= 15 is 0 Å². The van der Waals surface area contributed by atoms with Gasteiger partial charge in [0, 0.05) is 19.6 Å². The Morgan fingerprint density at radius 3 is 2.32 bits per heavy atom. The zero-order valence-electron chi connectivity index (χ0n) is 10.9. The third-order valence-corrected chi connectivity index (χ3v) is 3.87. The highest BCUT2D eigenvalue weighted by Gasteiger charge is 2.54. The first kappa shape index (κ1) is 14.3. The molecule has 2 nitrogen and oxygen atoms in total. The van der Waals surface area contributed by atoms with E-state index in [1.54, 1.807) is 0 Å². The van der Waals surface area contributed by atoms with E-state index in [0.717, 1.165) is 11.1 Å². The number of aliphatic hydroxyl groups is 1. The van der Waals surface area contributed by atoms with Crippen LogP contribution >= 0.6 is 0 Å². The first-order chi connectivity index (χ1) is 8.82. The van der Waals surface area contributed by atoms with Crippen LogP contribution in [-0.2, 0) is 6.54 Å². The number of piperidine rings is 1. The van der Waals surface area contributed by atoms with E-state index in [-0.39, 0.29) is 25.9 Å². The Balaban J connectivity index is 1.96. The predicted octanol–water partition coefficient (Wildman–Crippen LogP) is 2.88. The molecule has 1 saturated heterocycles. The molecule has 0 aromatic heterocycles.